The van der Waals surface area contributed by atoms with Gasteiger partial charge in [-0.2, -0.15) is 18.3 Å². The van der Waals surface area contributed by atoms with Crippen molar-refractivity contribution in [2.24, 2.45) is 16.8 Å². The molecule has 3 N–H and O–H groups in total. The molecule has 0 aromatic carbocycles. The van der Waals surface area contributed by atoms with Gasteiger partial charge in [0.25, 0.3) is 0 Å². The van der Waals surface area contributed by atoms with Crippen LogP contribution in [0.25, 0.3) is 0 Å². The molecule has 0 radical (unpaired) electrons. The molecule has 0 spiro atoms. The predicted octanol–water partition coefficient (Wildman–Crippen LogP) is 0.212. The molecule has 0 aliphatic rings. The average Bonchev–Trinajstić information content (AvgIpc) is 2.71. The minimum Gasteiger partial charge on any atom is -0.409 e. The number of rotatable bonds is 4. The molecule has 1 atom stereocenters. The van der Waals surface area contributed by atoms with Crippen molar-refractivity contribution in [3.05, 3.63) is 12.4 Å². The molecule has 1 unspecified atom stereocenters. The molecule has 1 aromatic heterocycles. The summed E-state index contributed by atoms with van der Waals surface area (Å²) in [4.78, 5) is -0.215. The van der Waals surface area contributed by atoms with E-state index >= 15 is 0 Å². The number of amidine groups is 1. The summed E-state index contributed by atoms with van der Waals surface area (Å²) in [7, 11) is -3.55. The minimum absolute atomic E-state index is 0.215. The molecule has 0 amide bonds. The van der Waals surface area contributed by atoms with Gasteiger partial charge in [-0.05, 0) is 0 Å². The lowest BCUT2D eigenvalue weighted by Crippen LogP contribution is -2.39. The van der Waals surface area contributed by atoms with Crippen molar-refractivity contribution in [2.45, 2.75) is 17.6 Å². The number of hydrogen-bond acceptors (Lipinski definition) is 5. The van der Waals surface area contributed by atoms with Crippen molar-refractivity contribution in [1.29, 1.82) is 0 Å². The van der Waals surface area contributed by atoms with Crippen LogP contribution in [0.1, 0.15) is 0 Å². The molecule has 0 aliphatic heterocycles. The third kappa shape index (κ3) is 3.84. The Balaban J connectivity index is 3.02. The Morgan fingerprint density at radius 3 is 2.58 bits per heavy atom. The summed E-state index contributed by atoms with van der Waals surface area (Å²) < 4.78 is 61.0. The van der Waals surface area contributed by atoms with Gasteiger partial charge in [-0.3, -0.25) is 4.68 Å². The normalized spacial score (nSPS) is 15.5. The molecule has 1 heterocycles. The van der Waals surface area contributed by atoms with Crippen molar-refractivity contribution in [3.63, 3.8) is 0 Å². The molecule has 0 saturated carbocycles. The van der Waals surface area contributed by atoms with Crippen molar-refractivity contribution in [2.75, 3.05) is 6.26 Å². The molecule has 0 fully saturated rings. The van der Waals surface area contributed by atoms with Crippen LogP contribution in [-0.4, -0.2) is 41.7 Å². The van der Waals surface area contributed by atoms with Crippen LogP contribution in [-0.2, 0) is 16.4 Å². The van der Waals surface area contributed by atoms with E-state index in [1.54, 1.807) is 0 Å². The van der Waals surface area contributed by atoms with Gasteiger partial charge < -0.3 is 10.9 Å². The van der Waals surface area contributed by atoms with Crippen molar-refractivity contribution >= 4 is 15.7 Å². The van der Waals surface area contributed by atoms with E-state index < -0.39 is 34.3 Å². The molecule has 0 bridgehead atoms. The zero-order chi connectivity index (χ0) is 14.8. The van der Waals surface area contributed by atoms with E-state index in [2.05, 4.69) is 10.3 Å². The number of nitrogens with zero attached hydrogens (tertiary/aromatic N) is 3. The molecule has 0 aliphatic carbocycles. The van der Waals surface area contributed by atoms with Crippen LogP contribution in [0.4, 0.5) is 13.2 Å². The van der Waals surface area contributed by atoms with Gasteiger partial charge in [-0.15, -0.1) is 0 Å². The smallest absolute Gasteiger partial charge is 0.400 e. The lowest BCUT2D eigenvalue weighted by atomic mass is 10.1. The standard InChI is InChI=1S/C8H11F3N4O3S/c1-19(17,18)5-2-13-15(3-5)4-6(7(12)14-16)8(9,10)11/h2-3,6,16H,4H2,1H3,(H2,12,14). The summed E-state index contributed by atoms with van der Waals surface area (Å²) >= 11 is 0. The molecular formula is C8H11F3N4O3S. The Kier molecular flexibility index (Phi) is 4.08. The first-order valence-corrected chi connectivity index (χ1v) is 6.71. The van der Waals surface area contributed by atoms with E-state index in [1.165, 1.54) is 0 Å². The number of sulfone groups is 1. The van der Waals surface area contributed by atoms with E-state index in [0.29, 0.717) is 0 Å². The minimum atomic E-state index is -4.74. The van der Waals surface area contributed by atoms with Crippen LogP contribution in [0.3, 0.4) is 0 Å². The largest absolute Gasteiger partial charge is 0.409 e. The molecule has 108 valence electrons. The highest BCUT2D eigenvalue weighted by Gasteiger charge is 2.43. The zero-order valence-corrected chi connectivity index (χ0v) is 10.5. The number of alkyl halides is 3. The Morgan fingerprint density at radius 1 is 1.63 bits per heavy atom. The van der Waals surface area contributed by atoms with Crippen molar-refractivity contribution in [3.8, 4) is 0 Å². The van der Waals surface area contributed by atoms with Crippen LogP contribution >= 0.6 is 0 Å². The average molecular weight is 300 g/mol. The van der Waals surface area contributed by atoms with Gasteiger partial charge in [0.1, 0.15) is 10.8 Å². The Hall–Kier alpha value is -1.78. The maximum Gasteiger partial charge on any atom is 0.400 e. The Bertz CT molecular complexity index is 578. The molecule has 1 rings (SSSR count). The monoisotopic (exact) mass is 300 g/mol. The number of oxime groups is 1. The first kappa shape index (κ1) is 15.3. The van der Waals surface area contributed by atoms with Crippen molar-refractivity contribution in [1.82, 2.24) is 9.78 Å². The lowest BCUT2D eigenvalue weighted by molar-refractivity contribution is -0.159. The third-order valence-corrected chi connectivity index (χ3v) is 3.34. The predicted molar refractivity (Wildman–Crippen MR) is 58.3 cm³/mol. The highest BCUT2D eigenvalue weighted by molar-refractivity contribution is 7.90. The van der Waals surface area contributed by atoms with E-state index in [1.807, 2.05) is 0 Å². The summed E-state index contributed by atoms with van der Waals surface area (Å²) in [5.41, 5.74) is 4.96. The Labute approximate surface area is 106 Å². The second-order valence-corrected chi connectivity index (χ2v) is 5.81. The summed E-state index contributed by atoms with van der Waals surface area (Å²) in [6.07, 6.45) is -1.97. The second kappa shape index (κ2) is 5.07. The van der Waals surface area contributed by atoms with Crippen LogP contribution in [0.2, 0.25) is 0 Å². The molecule has 1 aromatic rings. The lowest BCUT2D eigenvalue weighted by Gasteiger charge is -2.18. The van der Waals surface area contributed by atoms with Crippen LogP contribution in [0.15, 0.2) is 22.4 Å². The molecular weight excluding hydrogens is 289 g/mol. The van der Waals surface area contributed by atoms with Gasteiger partial charge in [0.2, 0.25) is 0 Å². The van der Waals surface area contributed by atoms with Gasteiger partial charge in [0.05, 0.1) is 12.7 Å². The molecule has 7 nitrogen and oxygen atoms in total. The fraction of sp³-hybridized carbons (Fsp3) is 0.500. The van der Waals surface area contributed by atoms with Gasteiger partial charge in [0.15, 0.2) is 15.7 Å². The van der Waals surface area contributed by atoms with Crippen LogP contribution in [0.5, 0.6) is 0 Å². The first-order valence-electron chi connectivity index (χ1n) is 4.82. The molecule has 19 heavy (non-hydrogen) atoms. The Morgan fingerprint density at radius 2 is 2.21 bits per heavy atom. The molecule has 11 heteroatoms. The number of hydrogen-bond donors (Lipinski definition) is 2. The number of halogens is 3. The fourth-order valence-corrected chi connectivity index (χ4v) is 1.81. The SMILES string of the molecule is CS(=O)(=O)c1cnn(CC(/C(N)=N/O)C(F)(F)F)c1. The topological polar surface area (TPSA) is 111 Å². The summed E-state index contributed by atoms with van der Waals surface area (Å²) in [5, 5.41) is 14.1. The molecule has 0 saturated heterocycles. The number of nitrogens with two attached hydrogens (primary N) is 1. The fourth-order valence-electron chi connectivity index (χ4n) is 1.26. The maximum atomic E-state index is 12.7. The summed E-state index contributed by atoms with van der Waals surface area (Å²) in [6.45, 7) is -0.783. The van der Waals surface area contributed by atoms with Gasteiger partial charge in [-0.1, -0.05) is 5.16 Å². The van der Waals surface area contributed by atoms with E-state index in [4.69, 9.17) is 10.9 Å². The van der Waals surface area contributed by atoms with E-state index in [0.717, 1.165) is 23.3 Å². The zero-order valence-electron chi connectivity index (χ0n) is 9.66. The van der Waals surface area contributed by atoms with Crippen LogP contribution < -0.4 is 5.73 Å². The van der Waals surface area contributed by atoms with Gasteiger partial charge in [-0.25, -0.2) is 8.42 Å². The highest BCUT2D eigenvalue weighted by Crippen LogP contribution is 2.27. The van der Waals surface area contributed by atoms with Crippen LogP contribution in [0, 0.1) is 5.92 Å². The number of aromatic nitrogens is 2. The third-order valence-electron chi connectivity index (χ3n) is 2.27. The summed E-state index contributed by atoms with van der Waals surface area (Å²) in [6, 6.07) is 0. The summed E-state index contributed by atoms with van der Waals surface area (Å²) in [5.74, 6) is -3.28. The first-order chi connectivity index (χ1) is 8.55. The second-order valence-electron chi connectivity index (χ2n) is 3.79. The maximum absolute atomic E-state index is 12.7. The van der Waals surface area contributed by atoms with Gasteiger partial charge >= 0.3 is 6.18 Å². The van der Waals surface area contributed by atoms with Gasteiger partial charge in [0, 0.05) is 12.5 Å². The highest BCUT2D eigenvalue weighted by atomic mass is 32.2. The van der Waals surface area contributed by atoms with E-state index in [-0.39, 0.29) is 4.90 Å². The van der Waals surface area contributed by atoms with E-state index in [9.17, 15) is 21.6 Å². The quantitative estimate of drug-likeness (QED) is 0.357. The van der Waals surface area contributed by atoms with Crippen molar-refractivity contribution < 1.29 is 26.8 Å².